The molecular weight excluding hydrogens is 208 g/mol. The highest BCUT2D eigenvalue weighted by molar-refractivity contribution is 5.29. The molecule has 0 amide bonds. The van der Waals surface area contributed by atoms with Gasteiger partial charge in [0.1, 0.15) is 0 Å². The molecule has 1 nitrogen and oxygen atoms in total. The molecule has 2 saturated carbocycles. The molecule has 1 aromatic rings. The van der Waals surface area contributed by atoms with Crippen molar-refractivity contribution in [1.29, 1.82) is 0 Å². The lowest BCUT2D eigenvalue weighted by atomic mass is 9.82. The molecule has 0 saturated heterocycles. The molecule has 0 aliphatic heterocycles. The summed E-state index contributed by atoms with van der Waals surface area (Å²) in [6, 6.07) is 8.73. The molecule has 1 N–H and O–H groups in total. The Balaban J connectivity index is 1.69. The number of benzene rings is 1. The van der Waals surface area contributed by atoms with Crippen molar-refractivity contribution >= 4 is 0 Å². The predicted molar refractivity (Wildman–Crippen MR) is 70.0 cm³/mol. The monoisotopic (exact) mass is 230 g/mol. The van der Waals surface area contributed by atoms with E-state index in [1.165, 1.54) is 50.5 Å². The van der Waals surface area contributed by atoms with Crippen molar-refractivity contribution in [2.75, 3.05) is 0 Å². The van der Waals surface area contributed by atoms with E-state index in [1.807, 2.05) is 0 Å². The highest BCUT2D eigenvalue weighted by atomic mass is 16.3. The first kappa shape index (κ1) is 11.3. The summed E-state index contributed by atoms with van der Waals surface area (Å²) in [7, 11) is 0. The van der Waals surface area contributed by atoms with E-state index in [0.29, 0.717) is 5.92 Å². The average Bonchev–Trinajstić information content (AvgIpc) is 3.24. The molecule has 0 spiro atoms. The smallest absolute Gasteiger partial charge is 0.0818 e. The molecule has 92 valence electrons. The van der Waals surface area contributed by atoms with Crippen molar-refractivity contribution in [1.82, 2.24) is 0 Å². The molecule has 1 unspecified atom stereocenters. The van der Waals surface area contributed by atoms with Crippen LogP contribution in [0, 0.1) is 5.92 Å². The van der Waals surface area contributed by atoms with E-state index in [4.69, 9.17) is 0 Å². The third kappa shape index (κ3) is 2.55. The van der Waals surface area contributed by atoms with Crippen molar-refractivity contribution in [3.8, 4) is 0 Å². The maximum Gasteiger partial charge on any atom is 0.0818 e. The van der Waals surface area contributed by atoms with Gasteiger partial charge in [-0.2, -0.15) is 0 Å². The molecule has 0 bridgehead atoms. The van der Waals surface area contributed by atoms with Crippen LogP contribution in [0.15, 0.2) is 24.3 Å². The zero-order valence-electron chi connectivity index (χ0n) is 10.4. The van der Waals surface area contributed by atoms with Crippen molar-refractivity contribution in [3.63, 3.8) is 0 Å². The highest BCUT2D eigenvalue weighted by Crippen LogP contribution is 2.41. The van der Waals surface area contributed by atoms with Crippen LogP contribution in [-0.2, 0) is 0 Å². The molecular formula is C16H22O. The van der Waals surface area contributed by atoms with E-state index in [-0.39, 0.29) is 6.10 Å². The Labute approximate surface area is 104 Å². The van der Waals surface area contributed by atoms with E-state index in [9.17, 15) is 5.11 Å². The van der Waals surface area contributed by atoms with Gasteiger partial charge in [-0.25, -0.2) is 0 Å². The number of hydrogen-bond donors (Lipinski definition) is 1. The fourth-order valence-electron chi connectivity index (χ4n) is 3.10. The Morgan fingerprint density at radius 2 is 1.53 bits per heavy atom. The van der Waals surface area contributed by atoms with Crippen LogP contribution in [0.3, 0.4) is 0 Å². The quantitative estimate of drug-likeness (QED) is 0.826. The first-order chi connectivity index (χ1) is 8.34. The zero-order chi connectivity index (χ0) is 11.7. The molecule has 2 fully saturated rings. The highest BCUT2D eigenvalue weighted by Gasteiger charge is 2.25. The number of hydrogen-bond acceptors (Lipinski definition) is 1. The minimum absolute atomic E-state index is 0.233. The Kier molecular flexibility index (Phi) is 3.19. The van der Waals surface area contributed by atoms with Gasteiger partial charge in [0, 0.05) is 0 Å². The number of rotatable bonds is 3. The summed E-state index contributed by atoms with van der Waals surface area (Å²) in [5.74, 6) is 1.31. The molecule has 2 aliphatic carbocycles. The van der Waals surface area contributed by atoms with E-state index in [1.54, 1.807) is 0 Å². The Bertz CT molecular complexity index is 358. The predicted octanol–water partition coefficient (Wildman–Crippen LogP) is 4.18. The maximum atomic E-state index is 10.4. The summed E-state index contributed by atoms with van der Waals surface area (Å²) in [4.78, 5) is 0. The first-order valence-electron chi connectivity index (χ1n) is 7.12. The molecule has 3 rings (SSSR count). The maximum absolute atomic E-state index is 10.4. The topological polar surface area (TPSA) is 20.2 Å². The summed E-state index contributed by atoms with van der Waals surface area (Å²) in [6.45, 7) is 0. The van der Waals surface area contributed by atoms with Gasteiger partial charge in [-0.1, -0.05) is 43.5 Å². The molecule has 0 aromatic heterocycles. The van der Waals surface area contributed by atoms with E-state index >= 15 is 0 Å². The summed E-state index contributed by atoms with van der Waals surface area (Å²) in [5, 5.41) is 10.4. The molecule has 17 heavy (non-hydrogen) atoms. The summed E-state index contributed by atoms with van der Waals surface area (Å²) in [5.41, 5.74) is 2.59. The van der Waals surface area contributed by atoms with Gasteiger partial charge in [0.15, 0.2) is 0 Å². The minimum Gasteiger partial charge on any atom is -0.388 e. The SMILES string of the molecule is OC(c1ccc(C2CC2)cc1)C1CCCCC1. The average molecular weight is 230 g/mol. The summed E-state index contributed by atoms with van der Waals surface area (Å²) in [6.07, 6.45) is 8.81. The second-order valence-corrected chi connectivity index (χ2v) is 5.78. The van der Waals surface area contributed by atoms with Crippen LogP contribution in [0.1, 0.15) is 68.1 Å². The molecule has 0 radical (unpaired) electrons. The number of aliphatic hydroxyl groups excluding tert-OH is 1. The molecule has 1 heteroatoms. The van der Waals surface area contributed by atoms with Crippen LogP contribution in [-0.4, -0.2) is 5.11 Å². The van der Waals surface area contributed by atoms with Gasteiger partial charge in [-0.15, -0.1) is 0 Å². The molecule has 1 atom stereocenters. The lowest BCUT2D eigenvalue weighted by Crippen LogP contribution is -2.15. The second-order valence-electron chi connectivity index (χ2n) is 5.78. The van der Waals surface area contributed by atoms with E-state index in [2.05, 4.69) is 24.3 Å². The van der Waals surface area contributed by atoms with Crippen molar-refractivity contribution in [2.45, 2.75) is 57.0 Å². The van der Waals surface area contributed by atoms with Crippen LogP contribution >= 0.6 is 0 Å². The number of aliphatic hydroxyl groups is 1. The van der Waals surface area contributed by atoms with Gasteiger partial charge in [-0.3, -0.25) is 0 Å². The van der Waals surface area contributed by atoms with Gasteiger partial charge in [-0.05, 0) is 48.6 Å². The van der Waals surface area contributed by atoms with Crippen molar-refractivity contribution in [2.24, 2.45) is 5.92 Å². The molecule has 1 aromatic carbocycles. The summed E-state index contributed by atoms with van der Waals surface area (Å²) < 4.78 is 0. The first-order valence-corrected chi connectivity index (χ1v) is 7.12. The van der Waals surface area contributed by atoms with Gasteiger partial charge >= 0.3 is 0 Å². The Morgan fingerprint density at radius 1 is 0.882 bits per heavy atom. The lowest BCUT2D eigenvalue weighted by Gasteiger charge is -2.26. The molecule has 0 heterocycles. The largest absolute Gasteiger partial charge is 0.388 e. The summed E-state index contributed by atoms with van der Waals surface area (Å²) >= 11 is 0. The Hall–Kier alpha value is -0.820. The van der Waals surface area contributed by atoms with Crippen LogP contribution in [0.5, 0.6) is 0 Å². The normalized spacial score (nSPS) is 23.6. The van der Waals surface area contributed by atoms with Crippen LogP contribution in [0.2, 0.25) is 0 Å². The van der Waals surface area contributed by atoms with Gasteiger partial charge < -0.3 is 5.11 Å². The van der Waals surface area contributed by atoms with E-state index in [0.717, 1.165) is 11.5 Å². The van der Waals surface area contributed by atoms with Gasteiger partial charge in [0.05, 0.1) is 6.10 Å². The fourth-order valence-corrected chi connectivity index (χ4v) is 3.10. The second kappa shape index (κ2) is 4.81. The fraction of sp³-hybridized carbons (Fsp3) is 0.625. The van der Waals surface area contributed by atoms with Crippen LogP contribution in [0.4, 0.5) is 0 Å². The van der Waals surface area contributed by atoms with Gasteiger partial charge in [0.25, 0.3) is 0 Å². The van der Waals surface area contributed by atoms with Crippen LogP contribution in [0.25, 0.3) is 0 Å². The standard InChI is InChI=1S/C16H22O/c17-16(14-4-2-1-3-5-14)15-10-8-13(9-11-15)12-6-7-12/h8-12,14,16-17H,1-7H2. The van der Waals surface area contributed by atoms with Crippen molar-refractivity contribution in [3.05, 3.63) is 35.4 Å². The van der Waals surface area contributed by atoms with E-state index < -0.39 is 0 Å². The third-order valence-corrected chi connectivity index (χ3v) is 4.42. The van der Waals surface area contributed by atoms with Gasteiger partial charge in [0.2, 0.25) is 0 Å². The Morgan fingerprint density at radius 3 is 2.12 bits per heavy atom. The van der Waals surface area contributed by atoms with Crippen molar-refractivity contribution < 1.29 is 5.11 Å². The third-order valence-electron chi connectivity index (χ3n) is 4.42. The molecule has 2 aliphatic rings. The minimum atomic E-state index is -0.233. The van der Waals surface area contributed by atoms with Crippen LogP contribution < -0.4 is 0 Å². The lowest BCUT2D eigenvalue weighted by molar-refractivity contribution is 0.0848. The zero-order valence-corrected chi connectivity index (χ0v) is 10.4.